The van der Waals surface area contributed by atoms with Gasteiger partial charge in [-0.3, -0.25) is 9.59 Å². The molecule has 1 aliphatic carbocycles. The van der Waals surface area contributed by atoms with Crippen LogP contribution in [0.3, 0.4) is 0 Å². The third-order valence-electron chi connectivity index (χ3n) is 3.44. The molecule has 0 saturated heterocycles. The van der Waals surface area contributed by atoms with E-state index < -0.39 is 12.0 Å². The summed E-state index contributed by atoms with van der Waals surface area (Å²) in [5.74, 6) is -1.28. The van der Waals surface area contributed by atoms with Gasteiger partial charge in [-0.05, 0) is 44.2 Å². The van der Waals surface area contributed by atoms with E-state index in [0.717, 1.165) is 12.8 Å². The van der Waals surface area contributed by atoms with E-state index in [1.54, 1.807) is 0 Å². The molecule has 0 radical (unpaired) electrons. The first-order chi connectivity index (χ1) is 9.08. The fourth-order valence-corrected chi connectivity index (χ4v) is 3.44. The lowest BCUT2D eigenvalue weighted by Gasteiger charge is -2.07. The monoisotopic (exact) mass is 281 g/mol. The summed E-state index contributed by atoms with van der Waals surface area (Å²) in [7, 11) is 0. The maximum atomic E-state index is 12.0. The summed E-state index contributed by atoms with van der Waals surface area (Å²) in [6.07, 6.45) is 6.95. The van der Waals surface area contributed by atoms with Gasteiger partial charge in [0.05, 0.1) is 4.88 Å². The van der Waals surface area contributed by atoms with Crippen LogP contribution in [0.5, 0.6) is 0 Å². The molecule has 0 fully saturated rings. The molecule has 1 aromatic heterocycles. The van der Waals surface area contributed by atoms with Crippen molar-refractivity contribution in [3.63, 3.8) is 0 Å². The number of carboxylic acids is 1. The van der Waals surface area contributed by atoms with Crippen LogP contribution in [-0.2, 0) is 17.6 Å². The summed E-state index contributed by atoms with van der Waals surface area (Å²) in [5, 5.41) is 11.3. The lowest BCUT2D eigenvalue weighted by atomic mass is 10.00. The lowest BCUT2D eigenvalue weighted by molar-refractivity contribution is -0.138. The number of amides is 1. The SMILES string of the molecule is CC(NC(=O)c1cc2c(s1)CCCCCC2)C(=O)O. The van der Waals surface area contributed by atoms with E-state index in [1.165, 1.54) is 54.4 Å². The van der Waals surface area contributed by atoms with Crippen LogP contribution in [0.4, 0.5) is 0 Å². The second-order valence-electron chi connectivity index (χ2n) is 5.01. The van der Waals surface area contributed by atoms with Gasteiger partial charge in [-0.2, -0.15) is 0 Å². The van der Waals surface area contributed by atoms with Gasteiger partial charge in [-0.25, -0.2) is 0 Å². The highest BCUT2D eigenvalue weighted by molar-refractivity contribution is 7.14. The molecule has 1 aliphatic rings. The molecule has 4 nitrogen and oxygen atoms in total. The number of carboxylic acid groups (broad SMARTS) is 1. The summed E-state index contributed by atoms with van der Waals surface area (Å²) >= 11 is 1.51. The molecule has 1 aromatic rings. The number of nitrogens with one attached hydrogen (secondary N) is 1. The van der Waals surface area contributed by atoms with Gasteiger partial charge in [0.15, 0.2) is 0 Å². The minimum Gasteiger partial charge on any atom is -0.480 e. The van der Waals surface area contributed by atoms with E-state index in [9.17, 15) is 9.59 Å². The number of thiophene rings is 1. The first-order valence-electron chi connectivity index (χ1n) is 6.73. The van der Waals surface area contributed by atoms with Crippen LogP contribution in [0, 0.1) is 0 Å². The molecule has 1 heterocycles. The Bertz CT molecular complexity index is 456. The van der Waals surface area contributed by atoms with Gasteiger partial charge in [-0.1, -0.05) is 12.8 Å². The summed E-state index contributed by atoms with van der Waals surface area (Å²) in [4.78, 5) is 24.7. The molecule has 0 spiro atoms. The van der Waals surface area contributed by atoms with E-state index in [4.69, 9.17) is 5.11 Å². The van der Waals surface area contributed by atoms with Crippen LogP contribution in [0.25, 0.3) is 0 Å². The van der Waals surface area contributed by atoms with E-state index in [1.807, 2.05) is 6.07 Å². The number of aliphatic carboxylic acids is 1. The first-order valence-corrected chi connectivity index (χ1v) is 7.55. The average Bonchev–Trinajstić information content (AvgIpc) is 2.71. The molecule has 19 heavy (non-hydrogen) atoms. The Balaban J connectivity index is 2.10. The van der Waals surface area contributed by atoms with Crippen molar-refractivity contribution >= 4 is 23.2 Å². The van der Waals surface area contributed by atoms with Gasteiger partial charge >= 0.3 is 5.97 Å². The number of carbonyl (C=O) groups is 2. The lowest BCUT2D eigenvalue weighted by Crippen LogP contribution is -2.37. The van der Waals surface area contributed by atoms with E-state index >= 15 is 0 Å². The predicted octanol–water partition coefficient (Wildman–Crippen LogP) is 2.61. The summed E-state index contributed by atoms with van der Waals surface area (Å²) in [5.41, 5.74) is 1.28. The molecule has 0 saturated carbocycles. The van der Waals surface area contributed by atoms with Gasteiger partial charge < -0.3 is 10.4 Å². The number of rotatable bonds is 3. The van der Waals surface area contributed by atoms with E-state index in [0.29, 0.717) is 4.88 Å². The van der Waals surface area contributed by atoms with Gasteiger partial charge in [0.1, 0.15) is 6.04 Å². The zero-order valence-corrected chi connectivity index (χ0v) is 11.9. The van der Waals surface area contributed by atoms with Crippen molar-refractivity contribution in [1.29, 1.82) is 0 Å². The van der Waals surface area contributed by atoms with Crippen LogP contribution in [0.15, 0.2) is 6.07 Å². The predicted molar refractivity (Wildman–Crippen MR) is 74.8 cm³/mol. The van der Waals surface area contributed by atoms with Gasteiger partial charge in [0, 0.05) is 4.88 Å². The highest BCUT2D eigenvalue weighted by atomic mass is 32.1. The molecule has 1 amide bonds. The normalized spacial score (nSPS) is 16.9. The van der Waals surface area contributed by atoms with Crippen molar-refractivity contribution in [2.24, 2.45) is 0 Å². The average molecular weight is 281 g/mol. The summed E-state index contributed by atoms with van der Waals surface area (Å²) in [6.45, 7) is 1.48. The summed E-state index contributed by atoms with van der Waals surface area (Å²) < 4.78 is 0. The van der Waals surface area contributed by atoms with Crippen LogP contribution in [0.2, 0.25) is 0 Å². The van der Waals surface area contributed by atoms with Crippen molar-refractivity contribution in [3.8, 4) is 0 Å². The number of aryl methyl sites for hydroxylation is 2. The molecule has 2 N–H and O–H groups in total. The quantitative estimate of drug-likeness (QED) is 0.895. The number of hydrogen-bond donors (Lipinski definition) is 2. The van der Waals surface area contributed by atoms with Crippen molar-refractivity contribution in [3.05, 3.63) is 21.4 Å². The van der Waals surface area contributed by atoms with Gasteiger partial charge in [0.2, 0.25) is 0 Å². The molecule has 1 unspecified atom stereocenters. The van der Waals surface area contributed by atoms with Crippen LogP contribution in [-0.4, -0.2) is 23.0 Å². The van der Waals surface area contributed by atoms with E-state index in [-0.39, 0.29) is 5.91 Å². The largest absolute Gasteiger partial charge is 0.480 e. The Morgan fingerprint density at radius 2 is 1.95 bits per heavy atom. The Labute approximate surface area is 116 Å². The molecule has 2 rings (SSSR count). The van der Waals surface area contributed by atoms with Crippen molar-refractivity contribution in [2.75, 3.05) is 0 Å². The van der Waals surface area contributed by atoms with Crippen molar-refractivity contribution in [1.82, 2.24) is 5.32 Å². The third-order valence-corrected chi connectivity index (χ3v) is 4.67. The Hall–Kier alpha value is -1.36. The van der Waals surface area contributed by atoms with Crippen molar-refractivity contribution < 1.29 is 14.7 Å². The fourth-order valence-electron chi connectivity index (χ4n) is 2.29. The van der Waals surface area contributed by atoms with Crippen molar-refractivity contribution in [2.45, 2.75) is 51.5 Å². The molecule has 0 aromatic carbocycles. The van der Waals surface area contributed by atoms with Crippen LogP contribution < -0.4 is 5.32 Å². The minimum absolute atomic E-state index is 0.272. The minimum atomic E-state index is -1.01. The van der Waals surface area contributed by atoms with Gasteiger partial charge in [-0.15, -0.1) is 11.3 Å². The number of fused-ring (bicyclic) bond motifs is 1. The molecule has 0 aliphatic heterocycles. The zero-order chi connectivity index (χ0) is 13.8. The number of carbonyl (C=O) groups excluding carboxylic acids is 1. The van der Waals surface area contributed by atoms with Crippen LogP contribution >= 0.6 is 11.3 Å². The molecular weight excluding hydrogens is 262 g/mol. The topological polar surface area (TPSA) is 66.4 Å². The Morgan fingerprint density at radius 3 is 2.63 bits per heavy atom. The second kappa shape index (κ2) is 6.19. The molecule has 0 bridgehead atoms. The molecule has 1 atom stereocenters. The highest BCUT2D eigenvalue weighted by Gasteiger charge is 2.19. The summed E-state index contributed by atoms with van der Waals surface area (Å²) in [6, 6.07) is 1.09. The number of hydrogen-bond acceptors (Lipinski definition) is 3. The first kappa shape index (κ1) is 14.1. The molecule has 5 heteroatoms. The Kier molecular flexibility index (Phi) is 4.58. The van der Waals surface area contributed by atoms with Crippen LogP contribution in [0.1, 0.15) is 52.7 Å². The standard InChI is InChI=1S/C14H19NO3S/c1-9(14(17)18)15-13(16)12-8-10-6-4-2-3-5-7-11(10)19-12/h8-9H,2-7H2,1H3,(H,15,16)(H,17,18). The fraction of sp³-hybridized carbons (Fsp3) is 0.571. The maximum absolute atomic E-state index is 12.0. The van der Waals surface area contributed by atoms with Gasteiger partial charge in [0.25, 0.3) is 5.91 Å². The third kappa shape index (κ3) is 3.56. The van der Waals surface area contributed by atoms with E-state index in [2.05, 4.69) is 5.32 Å². The molecule has 104 valence electrons. The highest BCUT2D eigenvalue weighted by Crippen LogP contribution is 2.28. The smallest absolute Gasteiger partial charge is 0.325 e. The second-order valence-corrected chi connectivity index (χ2v) is 6.14. The maximum Gasteiger partial charge on any atom is 0.325 e. The zero-order valence-electron chi connectivity index (χ0n) is 11.1. The molecular formula is C14H19NO3S. The Morgan fingerprint density at radius 1 is 1.26 bits per heavy atom.